The molecule has 7 rings (SSSR count). The van der Waals surface area contributed by atoms with Crippen molar-refractivity contribution in [3.05, 3.63) is 65.2 Å². The van der Waals surface area contributed by atoms with Gasteiger partial charge >= 0.3 is 0 Å². The third-order valence-corrected chi connectivity index (χ3v) is 10.4. The van der Waals surface area contributed by atoms with E-state index >= 15 is 0 Å². The lowest BCUT2D eigenvalue weighted by Gasteiger charge is -2.66. The summed E-state index contributed by atoms with van der Waals surface area (Å²) >= 11 is 0. The molecule has 2 heterocycles. The van der Waals surface area contributed by atoms with Gasteiger partial charge in [-0.05, 0) is 98.2 Å². The Morgan fingerprint density at radius 2 is 2.00 bits per heavy atom. The van der Waals surface area contributed by atoms with Crippen LogP contribution in [-0.2, 0) is 11.8 Å². The molecule has 0 aromatic heterocycles. The minimum Gasteiger partial charge on any atom is -0.508 e. The van der Waals surface area contributed by atoms with E-state index in [2.05, 4.69) is 21.9 Å². The van der Waals surface area contributed by atoms with Crippen molar-refractivity contribution in [2.75, 3.05) is 19.6 Å². The molecule has 3 aliphatic carbocycles. The molecule has 2 aliphatic heterocycles. The maximum Gasteiger partial charge on any atom is 0.254 e. The first kappa shape index (κ1) is 21.0. The Morgan fingerprint density at radius 1 is 1.18 bits per heavy atom. The minimum atomic E-state index is -0.332. The fraction of sp³-hybridized carbons (Fsp3) is 0.552. The number of fused-ring (bicyclic) bond motifs is 1. The largest absolute Gasteiger partial charge is 0.508 e. The standard InChI is InChI=1S/C29H34N2O3/c1-18(32)16-30-12-11-29-23-14-22(33)8-7-20(23)13-25(30)28(29)10-9-24-26(29)21(15-28)17-31(24)27(34)19-5-3-2-4-6-19/h2-8,14,18,21,24-26,32-33H,9-13,15-17H2,1H3/t18-,21+,24?,25?,26?,28?,29?/m0/s1. The van der Waals surface area contributed by atoms with Gasteiger partial charge < -0.3 is 15.1 Å². The van der Waals surface area contributed by atoms with Crippen molar-refractivity contribution in [2.45, 2.75) is 62.6 Å². The molecule has 4 fully saturated rings. The van der Waals surface area contributed by atoms with Crippen molar-refractivity contribution < 1.29 is 15.0 Å². The number of hydrogen-bond donors (Lipinski definition) is 2. The van der Waals surface area contributed by atoms with Crippen molar-refractivity contribution in [3.63, 3.8) is 0 Å². The number of β-amino-alcohol motifs (C(OH)–C–C–N with tert-alkyl or cyclic N) is 1. The molecule has 2 saturated carbocycles. The minimum absolute atomic E-state index is 0.0124. The third-order valence-electron chi connectivity index (χ3n) is 10.4. The summed E-state index contributed by atoms with van der Waals surface area (Å²) < 4.78 is 0. The topological polar surface area (TPSA) is 64.0 Å². The number of hydrogen-bond acceptors (Lipinski definition) is 4. The lowest BCUT2D eigenvalue weighted by molar-refractivity contribution is -0.108. The molecular weight excluding hydrogens is 424 g/mol. The lowest BCUT2D eigenvalue weighted by Crippen LogP contribution is -2.70. The van der Waals surface area contributed by atoms with Crippen LogP contribution in [-0.4, -0.2) is 63.7 Å². The quantitative estimate of drug-likeness (QED) is 0.738. The Balaban J connectivity index is 1.35. The number of carbonyl (C=O) groups is 1. The number of carbonyl (C=O) groups excluding carboxylic acids is 1. The number of aliphatic hydroxyl groups is 1. The predicted octanol–water partition coefficient (Wildman–Crippen LogP) is 3.58. The summed E-state index contributed by atoms with van der Waals surface area (Å²) in [4.78, 5) is 18.4. The van der Waals surface area contributed by atoms with Crippen molar-refractivity contribution >= 4 is 5.91 Å². The number of phenols is 1. The maximum atomic E-state index is 13.6. The number of nitrogens with zero attached hydrogens (tertiary/aromatic N) is 2. The van der Waals surface area contributed by atoms with Gasteiger partial charge in [-0.15, -0.1) is 0 Å². The Labute approximate surface area is 201 Å². The maximum absolute atomic E-state index is 13.6. The second-order valence-corrected chi connectivity index (χ2v) is 11.7. The van der Waals surface area contributed by atoms with Crippen LogP contribution in [0.3, 0.4) is 0 Å². The average Bonchev–Trinajstić information content (AvgIpc) is 3.27. The van der Waals surface area contributed by atoms with Crippen LogP contribution in [0.1, 0.15) is 54.1 Å². The SMILES string of the molecule is C[C@H](O)CN1CCC23c4cc(O)ccc4CC1C21CCC2C3[C@@H](CN2C(=O)c2ccccc2)C1. The van der Waals surface area contributed by atoms with Crippen LogP contribution in [0.15, 0.2) is 48.5 Å². The van der Waals surface area contributed by atoms with E-state index in [0.717, 1.165) is 57.3 Å². The van der Waals surface area contributed by atoms with Gasteiger partial charge in [-0.1, -0.05) is 24.3 Å². The molecular formula is C29H34N2O3. The first-order chi connectivity index (χ1) is 16.4. The second kappa shape index (κ2) is 7.08. The summed E-state index contributed by atoms with van der Waals surface area (Å²) in [7, 11) is 0. The van der Waals surface area contributed by atoms with Crippen molar-refractivity contribution in [1.82, 2.24) is 9.80 Å². The molecule has 5 aliphatic rings. The summed E-state index contributed by atoms with van der Waals surface area (Å²) in [6.07, 6.45) is 5.07. The molecule has 4 bridgehead atoms. The number of benzene rings is 2. The highest BCUT2D eigenvalue weighted by atomic mass is 16.3. The predicted molar refractivity (Wildman–Crippen MR) is 130 cm³/mol. The number of likely N-dealkylation sites (tertiary alicyclic amines) is 2. The number of amides is 1. The van der Waals surface area contributed by atoms with Crippen molar-refractivity contribution in [1.29, 1.82) is 0 Å². The highest BCUT2D eigenvalue weighted by Crippen LogP contribution is 2.75. The van der Waals surface area contributed by atoms with E-state index in [9.17, 15) is 15.0 Å². The van der Waals surface area contributed by atoms with Crippen LogP contribution in [0.4, 0.5) is 0 Å². The summed E-state index contributed by atoms with van der Waals surface area (Å²) in [6, 6.07) is 16.5. The molecule has 5 unspecified atom stereocenters. The number of aliphatic hydroxyl groups excluding tert-OH is 1. The molecule has 2 N–H and O–H groups in total. The normalized spacial score (nSPS) is 38.4. The molecule has 2 aromatic carbocycles. The van der Waals surface area contributed by atoms with Gasteiger partial charge in [-0.25, -0.2) is 0 Å². The van der Waals surface area contributed by atoms with Crippen LogP contribution in [0, 0.1) is 17.3 Å². The molecule has 7 atom stereocenters. The smallest absolute Gasteiger partial charge is 0.254 e. The Kier molecular flexibility index (Phi) is 4.36. The summed E-state index contributed by atoms with van der Waals surface area (Å²) in [5, 5.41) is 20.8. The van der Waals surface area contributed by atoms with Crippen LogP contribution in [0.5, 0.6) is 5.75 Å². The van der Waals surface area contributed by atoms with Crippen LogP contribution in [0.2, 0.25) is 0 Å². The van der Waals surface area contributed by atoms with E-state index in [0.29, 0.717) is 23.6 Å². The fourth-order valence-corrected chi connectivity index (χ4v) is 9.63. The highest BCUT2D eigenvalue weighted by molar-refractivity contribution is 5.94. The van der Waals surface area contributed by atoms with E-state index in [4.69, 9.17) is 0 Å². The molecule has 178 valence electrons. The molecule has 2 saturated heterocycles. The van der Waals surface area contributed by atoms with Crippen LogP contribution >= 0.6 is 0 Å². The second-order valence-electron chi connectivity index (χ2n) is 11.7. The van der Waals surface area contributed by atoms with Gasteiger partial charge in [0.15, 0.2) is 0 Å². The molecule has 2 aromatic rings. The van der Waals surface area contributed by atoms with Crippen LogP contribution in [0.25, 0.3) is 0 Å². The Morgan fingerprint density at radius 3 is 2.79 bits per heavy atom. The number of rotatable bonds is 3. The van der Waals surface area contributed by atoms with Crippen molar-refractivity contribution in [2.24, 2.45) is 17.3 Å². The van der Waals surface area contributed by atoms with Gasteiger partial charge in [0, 0.05) is 36.2 Å². The average molecular weight is 459 g/mol. The van der Waals surface area contributed by atoms with Crippen LogP contribution < -0.4 is 0 Å². The van der Waals surface area contributed by atoms with E-state index in [1.54, 1.807) is 0 Å². The number of phenolic OH excluding ortho intramolecular Hbond substituents is 1. The zero-order valence-electron chi connectivity index (χ0n) is 19.9. The van der Waals surface area contributed by atoms with Gasteiger partial charge in [0.2, 0.25) is 0 Å². The first-order valence-electron chi connectivity index (χ1n) is 13.1. The van der Waals surface area contributed by atoms with Gasteiger partial charge in [0.1, 0.15) is 5.75 Å². The van der Waals surface area contributed by atoms with E-state index < -0.39 is 0 Å². The molecule has 34 heavy (non-hydrogen) atoms. The highest BCUT2D eigenvalue weighted by Gasteiger charge is 2.76. The number of piperidine rings is 1. The van der Waals surface area contributed by atoms with Gasteiger partial charge in [0.05, 0.1) is 6.10 Å². The Hall–Kier alpha value is -2.37. The monoisotopic (exact) mass is 458 g/mol. The summed E-state index contributed by atoms with van der Waals surface area (Å²) in [6.45, 7) is 4.47. The molecule has 0 spiro atoms. The van der Waals surface area contributed by atoms with Gasteiger partial charge in [0.25, 0.3) is 5.91 Å². The summed E-state index contributed by atoms with van der Waals surface area (Å²) in [5.74, 6) is 1.50. The third kappa shape index (κ3) is 2.50. The zero-order valence-corrected chi connectivity index (χ0v) is 19.9. The fourth-order valence-electron chi connectivity index (χ4n) is 9.63. The van der Waals surface area contributed by atoms with Gasteiger partial charge in [-0.2, -0.15) is 0 Å². The van der Waals surface area contributed by atoms with E-state index in [-0.39, 0.29) is 28.9 Å². The first-order valence-corrected chi connectivity index (χ1v) is 13.1. The lowest BCUT2D eigenvalue weighted by atomic mass is 9.43. The van der Waals surface area contributed by atoms with E-state index in [1.165, 1.54) is 11.1 Å². The Bertz CT molecular complexity index is 1150. The molecule has 0 radical (unpaired) electrons. The summed E-state index contributed by atoms with van der Waals surface area (Å²) in [5.41, 5.74) is 3.71. The van der Waals surface area contributed by atoms with Crippen molar-refractivity contribution in [3.8, 4) is 5.75 Å². The van der Waals surface area contributed by atoms with E-state index in [1.807, 2.05) is 43.3 Å². The molecule has 5 nitrogen and oxygen atoms in total. The molecule has 5 heteroatoms. The number of aromatic hydroxyl groups is 1. The zero-order chi connectivity index (χ0) is 23.2. The van der Waals surface area contributed by atoms with Gasteiger partial charge in [-0.3, -0.25) is 9.69 Å². The molecule has 1 amide bonds.